The van der Waals surface area contributed by atoms with Crippen molar-refractivity contribution < 1.29 is 9.53 Å². The Hall–Kier alpha value is -3.15. The summed E-state index contributed by atoms with van der Waals surface area (Å²) in [5.74, 6) is 1.42. The van der Waals surface area contributed by atoms with Crippen molar-refractivity contribution in [2.75, 3.05) is 13.7 Å². The standard InChI is InChI=1S/C29H37N3O3/c1-4-5-6-13-20-31(28(33)22-14-7-8-15-22)21(2)27-30-24-17-10-9-16-23(24)29(34)32(27)25-18-11-12-19-26(25)35-3/h9-12,16-19,21-22H,4-8,13-15,20H2,1-3H3. The molecule has 1 saturated carbocycles. The molecule has 0 radical (unpaired) electrons. The molecule has 186 valence electrons. The second kappa shape index (κ2) is 11.5. The van der Waals surface area contributed by atoms with E-state index in [1.54, 1.807) is 17.7 Å². The predicted octanol–water partition coefficient (Wildman–Crippen LogP) is 6.05. The molecular weight excluding hydrogens is 438 g/mol. The van der Waals surface area contributed by atoms with Gasteiger partial charge in [-0.05, 0) is 50.5 Å². The van der Waals surface area contributed by atoms with E-state index in [1.807, 2.05) is 54.3 Å². The molecule has 1 aliphatic carbocycles. The van der Waals surface area contributed by atoms with Crippen LogP contribution < -0.4 is 10.3 Å². The molecule has 35 heavy (non-hydrogen) atoms. The number of hydrogen-bond acceptors (Lipinski definition) is 4. The van der Waals surface area contributed by atoms with Crippen LogP contribution in [0, 0.1) is 5.92 Å². The Kier molecular flexibility index (Phi) is 8.21. The highest BCUT2D eigenvalue weighted by Gasteiger charge is 2.32. The molecule has 1 aliphatic rings. The number of fused-ring (bicyclic) bond motifs is 1. The number of ether oxygens (including phenoxy) is 1. The van der Waals surface area contributed by atoms with Crippen molar-refractivity contribution in [3.05, 3.63) is 64.7 Å². The third-order valence-corrected chi connectivity index (χ3v) is 7.21. The maximum Gasteiger partial charge on any atom is 0.266 e. The summed E-state index contributed by atoms with van der Waals surface area (Å²) in [7, 11) is 1.60. The van der Waals surface area contributed by atoms with Crippen LogP contribution in [-0.2, 0) is 4.79 Å². The van der Waals surface area contributed by atoms with Crippen LogP contribution in [0.1, 0.15) is 77.1 Å². The van der Waals surface area contributed by atoms with Gasteiger partial charge in [-0.2, -0.15) is 0 Å². The molecular formula is C29H37N3O3. The molecule has 1 heterocycles. The summed E-state index contributed by atoms with van der Waals surface area (Å²) in [6.07, 6.45) is 8.43. The molecule has 1 unspecified atom stereocenters. The van der Waals surface area contributed by atoms with E-state index in [2.05, 4.69) is 6.92 Å². The number of amides is 1. The monoisotopic (exact) mass is 475 g/mol. The number of aromatic nitrogens is 2. The zero-order chi connectivity index (χ0) is 24.8. The maximum absolute atomic E-state index is 13.8. The van der Waals surface area contributed by atoms with Gasteiger partial charge in [-0.1, -0.05) is 63.3 Å². The number of carbonyl (C=O) groups excluding carboxylic acids is 1. The number of methoxy groups -OCH3 is 1. The van der Waals surface area contributed by atoms with Crippen LogP contribution in [0.5, 0.6) is 5.75 Å². The molecule has 1 fully saturated rings. The first kappa shape index (κ1) is 25.0. The van der Waals surface area contributed by atoms with E-state index in [4.69, 9.17) is 9.72 Å². The lowest BCUT2D eigenvalue weighted by atomic mass is 10.0. The van der Waals surface area contributed by atoms with E-state index in [0.29, 0.717) is 34.7 Å². The molecule has 0 N–H and O–H groups in total. The number of unbranched alkanes of at least 4 members (excludes halogenated alkanes) is 3. The first-order valence-corrected chi connectivity index (χ1v) is 13.0. The Morgan fingerprint density at radius 3 is 2.54 bits per heavy atom. The Morgan fingerprint density at radius 2 is 1.80 bits per heavy atom. The summed E-state index contributed by atoms with van der Waals surface area (Å²) in [5.41, 5.74) is 1.13. The molecule has 1 amide bonds. The Bertz CT molecular complexity index is 1210. The van der Waals surface area contributed by atoms with Crippen LogP contribution in [0.2, 0.25) is 0 Å². The van der Waals surface area contributed by atoms with E-state index >= 15 is 0 Å². The number of hydrogen-bond donors (Lipinski definition) is 0. The summed E-state index contributed by atoms with van der Waals surface area (Å²) in [5, 5.41) is 0.547. The Labute approximate surface area is 207 Å². The minimum Gasteiger partial charge on any atom is -0.495 e. The van der Waals surface area contributed by atoms with E-state index in [1.165, 1.54) is 0 Å². The van der Waals surface area contributed by atoms with Crippen LogP contribution in [-0.4, -0.2) is 34.0 Å². The molecule has 6 nitrogen and oxygen atoms in total. The van der Waals surface area contributed by atoms with Gasteiger partial charge in [0.2, 0.25) is 5.91 Å². The smallest absolute Gasteiger partial charge is 0.266 e. The quantitative estimate of drug-likeness (QED) is 0.335. The van der Waals surface area contributed by atoms with E-state index in [-0.39, 0.29) is 23.4 Å². The largest absolute Gasteiger partial charge is 0.495 e. The SMILES string of the molecule is CCCCCCN(C(=O)C1CCCC1)C(C)c1nc2ccccc2c(=O)n1-c1ccccc1OC. The van der Waals surface area contributed by atoms with Crippen molar-refractivity contribution in [1.29, 1.82) is 0 Å². The Morgan fingerprint density at radius 1 is 1.09 bits per heavy atom. The summed E-state index contributed by atoms with van der Waals surface area (Å²) < 4.78 is 7.26. The molecule has 2 aromatic carbocycles. The van der Waals surface area contributed by atoms with E-state index in [9.17, 15) is 9.59 Å². The van der Waals surface area contributed by atoms with Crippen molar-refractivity contribution >= 4 is 16.8 Å². The normalized spacial score (nSPS) is 14.8. The van der Waals surface area contributed by atoms with Gasteiger partial charge in [-0.15, -0.1) is 0 Å². The molecule has 6 heteroatoms. The number of para-hydroxylation sites is 3. The summed E-state index contributed by atoms with van der Waals surface area (Å²) in [6.45, 7) is 4.87. The third-order valence-electron chi connectivity index (χ3n) is 7.21. The van der Waals surface area contributed by atoms with Crippen molar-refractivity contribution in [2.45, 2.75) is 71.3 Å². The van der Waals surface area contributed by atoms with Crippen molar-refractivity contribution in [2.24, 2.45) is 5.92 Å². The topological polar surface area (TPSA) is 64.4 Å². The second-order valence-electron chi connectivity index (χ2n) is 9.55. The minimum absolute atomic E-state index is 0.0653. The fourth-order valence-electron chi connectivity index (χ4n) is 5.23. The van der Waals surface area contributed by atoms with Crippen LogP contribution in [0.25, 0.3) is 16.6 Å². The number of benzene rings is 2. The van der Waals surface area contributed by atoms with Gasteiger partial charge in [-0.25, -0.2) is 4.98 Å². The first-order chi connectivity index (χ1) is 17.1. The van der Waals surface area contributed by atoms with Gasteiger partial charge < -0.3 is 9.64 Å². The molecule has 0 saturated heterocycles. The molecule has 0 spiro atoms. The Balaban J connectivity index is 1.84. The zero-order valence-corrected chi connectivity index (χ0v) is 21.2. The van der Waals surface area contributed by atoms with E-state index < -0.39 is 0 Å². The lowest BCUT2D eigenvalue weighted by Crippen LogP contribution is -2.40. The van der Waals surface area contributed by atoms with Crippen LogP contribution in [0.15, 0.2) is 53.3 Å². The second-order valence-corrected chi connectivity index (χ2v) is 9.55. The van der Waals surface area contributed by atoms with Gasteiger partial charge in [0, 0.05) is 12.5 Å². The van der Waals surface area contributed by atoms with Crippen LogP contribution in [0.3, 0.4) is 0 Å². The molecule has 0 bridgehead atoms. The third kappa shape index (κ3) is 5.26. The summed E-state index contributed by atoms with van der Waals surface area (Å²) >= 11 is 0. The van der Waals surface area contributed by atoms with Gasteiger partial charge in [0.05, 0.1) is 29.7 Å². The summed E-state index contributed by atoms with van der Waals surface area (Å²) in [4.78, 5) is 34.5. The minimum atomic E-state index is -0.355. The van der Waals surface area contributed by atoms with Crippen molar-refractivity contribution in [3.63, 3.8) is 0 Å². The highest BCUT2D eigenvalue weighted by Crippen LogP contribution is 2.32. The first-order valence-electron chi connectivity index (χ1n) is 13.0. The lowest BCUT2D eigenvalue weighted by Gasteiger charge is -2.32. The summed E-state index contributed by atoms with van der Waals surface area (Å²) in [6, 6.07) is 14.5. The van der Waals surface area contributed by atoms with Gasteiger partial charge in [-0.3, -0.25) is 14.2 Å². The van der Waals surface area contributed by atoms with Crippen LogP contribution >= 0.6 is 0 Å². The molecule has 0 aliphatic heterocycles. The number of nitrogens with zero attached hydrogens (tertiary/aromatic N) is 3. The molecule has 1 aromatic heterocycles. The predicted molar refractivity (Wildman–Crippen MR) is 140 cm³/mol. The molecule has 1 atom stereocenters. The van der Waals surface area contributed by atoms with Crippen LogP contribution in [0.4, 0.5) is 0 Å². The van der Waals surface area contributed by atoms with Crippen molar-refractivity contribution in [3.8, 4) is 11.4 Å². The van der Waals surface area contributed by atoms with E-state index in [0.717, 1.165) is 51.4 Å². The van der Waals surface area contributed by atoms with Gasteiger partial charge >= 0.3 is 0 Å². The fourth-order valence-corrected chi connectivity index (χ4v) is 5.23. The van der Waals surface area contributed by atoms with Gasteiger partial charge in [0.15, 0.2) is 0 Å². The number of carbonyl (C=O) groups is 1. The number of rotatable bonds is 10. The highest BCUT2D eigenvalue weighted by atomic mass is 16.5. The maximum atomic E-state index is 13.8. The zero-order valence-electron chi connectivity index (χ0n) is 21.2. The molecule has 4 rings (SSSR count). The van der Waals surface area contributed by atoms with Crippen molar-refractivity contribution in [1.82, 2.24) is 14.5 Å². The average Bonchev–Trinajstić information content (AvgIpc) is 3.43. The average molecular weight is 476 g/mol. The lowest BCUT2D eigenvalue weighted by molar-refractivity contribution is -0.137. The van der Waals surface area contributed by atoms with Gasteiger partial charge in [0.1, 0.15) is 11.6 Å². The fraction of sp³-hybridized carbons (Fsp3) is 0.483. The highest BCUT2D eigenvalue weighted by molar-refractivity contribution is 5.80. The van der Waals surface area contributed by atoms with Gasteiger partial charge in [0.25, 0.3) is 5.56 Å². The molecule has 3 aromatic rings.